The fraction of sp³-hybridized carbons (Fsp3) is 0.640. The largest absolute Gasteiger partial charge is 0.508 e. The van der Waals surface area contributed by atoms with Crippen LogP contribution in [0, 0.1) is 52.3 Å². The summed E-state index contributed by atoms with van der Waals surface area (Å²) in [4.78, 5) is 0. The molecule has 8 nitrogen and oxygen atoms in total. The highest BCUT2D eigenvalue weighted by Gasteiger charge is 2.56. The van der Waals surface area contributed by atoms with Gasteiger partial charge in [-0.05, 0) is 249 Å². The Bertz CT molecular complexity index is 4130. The topological polar surface area (TPSA) is 133 Å². The summed E-state index contributed by atoms with van der Waals surface area (Å²) in [7, 11) is 0. The molecule has 0 saturated heterocycles. The Balaban J connectivity index is 0.000000117. The predicted octanol–water partition coefficient (Wildman–Crippen LogP) is 25.9. The zero-order valence-corrected chi connectivity index (χ0v) is 63.3. The van der Waals surface area contributed by atoms with Gasteiger partial charge in [-0.2, -0.15) is 0 Å². The quantitative estimate of drug-likeness (QED) is 0.126. The molecule has 526 valence electrons. The van der Waals surface area contributed by atoms with Gasteiger partial charge >= 0.3 is 0 Å². The number of aromatic hydroxyl groups is 4. The van der Waals surface area contributed by atoms with E-state index in [1.54, 1.807) is 29.8 Å². The fourth-order valence-corrected chi connectivity index (χ4v) is 23.9. The summed E-state index contributed by atoms with van der Waals surface area (Å²) < 4.78 is 25.5. The van der Waals surface area contributed by atoms with Gasteiger partial charge in [0, 0.05) is 79.6 Å². The first-order chi connectivity index (χ1) is 45.6. The van der Waals surface area contributed by atoms with Gasteiger partial charge in [0.25, 0.3) is 0 Å². The minimum absolute atomic E-state index is 0.0572. The molecular formula is C89H122O8. The van der Waals surface area contributed by atoms with E-state index in [2.05, 4.69) is 143 Å². The average molecular weight is 1320 g/mol. The molecule has 4 heterocycles. The van der Waals surface area contributed by atoms with Crippen LogP contribution in [-0.4, -0.2) is 20.4 Å². The second kappa shape index (κ2) is 24.8. The summed E-state index contributed by atoms with van der Waals surface area (Å²) in [5, 5.41) is 44.9. The molecule has 4 fully saturated rings. The highest BCUT2D eigenvalue weighted by molar-refractivity contribution is 5.89. The lowest BCUT2D eigenvalue weighted by molar-refractivity contribution is 0.0502. The third kappa shape index (κ3) is 11.5. The van der Waals surface area contributed by atoms with Crippen molar-refractivity contribution in [3.05, 3.63) is 117 Å². The van der Waals surface area contributed by atoms with Crippen molar-refractivity contribution < 1.29 is 38.1 Å². The molecule has 4 aromatic carbocycles. The number of aryl methyl sites for hydroxylation is 3. The lowest BCUT2D eigenvalue weighted by Crippen LogP contribution is -2.44. The van der Waals surface area contributed by atoms with Gasteiger partial charge in [0.1, 0.15) is 56.9 Å². The Morgan fingerprint density at radius 1 is 0.340 bits per heavy atom. The fourth-order valence-electron chi connectivity index (χ4n) is 23.9. The van der Waals surface area contributed by atoms with E-state index in [-0.39, 0.29) is 33.2 Å². The van der Waals surface area contributed by atoms with Crippen LogP contribution in [0.15, 0.2) is 72.3 Å². The standard InChI is InChI=1S/C25H36O.C22H30O2.C21H28O3.C21H28O2/c1-7-17-14-19-20(15-18(17)8-2)26-23-16(3)10-11-21-24(4,5)12-9-13-25(21,6)22(19)23;1-13-7-8-18-21(3,4)9-6-10-22(18,5)19-15-12-16(23)14(2)11-17(15)24-20(13)19;1-12-6-7-17-20(2,3)8-5-9-21(17,4)18-13-10-14(22)15(23)11-16(13)24-19(12)18;1-13-6-9-17-20(2,3)10-5-11-21(17,4)18-15-8-7-14(22)12-16(15)23-19(13)18/h14-16,21H,7-13H2,1-6H3;11-13,18,23H,6-10H2,1-5H3;10-12,17,22-23H,5-9H2,1-4H3;7-8,12-13,17,22H,5-6,9-11H2,1-4H3/t;;12?,17-,21-;13?,17-,21-/m..00/s1. The smallest absolute Gasteiger partial charge is 0.161 e. The number of rotatable bonds is 2. The monoisotopic (exact) mass is 1320 g/mol. The summed E-state index contributed by atoms with van der Waals surface area (Å²) in [5.41, 5.74) is 15.4. The molecule has 4 saturated carbocycles. The van der Waals surface area contributed by atoms with Crippen molar-refractivity contribution in [1.82, 2.24) is 0 Å². The van der Waals surface area contributed by atoms with Crippen molar-refractivity contribution in [3.63, 3.8) is 0 Å². The van der Waals surface area contributed by atoms with E-state index < -0.39 is 0 Å². The molecule has 0 amide bonds. The van der Waals surface area contributed by atoms with Crippen LogP contribution in [0.1, 0.15) is 339 Å². The molecule has 8 aliphatic carbocycles. The van der Waals surface area contributed by atoms with Crippen LogP contribution >= 0.6 is 0 Å². The molecule has 12 atom stereocenters. The van der Waals surface area contributed by atoms with Gasteiger partial charge in [0.15, 0.2) is 11.5 Å². The molecular weight excluding hydrogens is 1200 g/mol. The van der Waals surface area contributed by atoms with Gasteiger partial charge in [-0.1, -0.05) is 150 Å². The van der Waals surface area contributed by atoms with Crippen molar-refractivity contribution >= 4 is 43.9 Å². The first kappa shape index (κ1) is 69.7. The van der Waals surface area contributed by atoms with Crippen molar-refractivity contribution in [3.8, 4) is 23.0 Å². The molecule has 8 heteroatoms. The average Bonchev–Trinajstić information content (AvgIpc) is 1.62. The lowest BCUT2D eigenvalue weighted by atomic mass is 9.53. The second-order valence-electron chi connectivity index (χ2n) is 37.0. The molecule has 4 N–H and O–H groups in total. The Morgan fingerprint density at radius 3 is 1.01 bits per heavy atom. The van der Waals surface area contributed by atoms with Gasteiger partial charge in [-0.3, -0.25) is 0 Å². The molecule has 0 aliphatic heterocycles. The van der Waals surface area contributed by atoms with Crippen molar-refractivity contribution in [1.29, 1.82) is 0 Å². The van der Waals surface area contributed by atoms with Crippen LogP contribution in [0.3, 0.4) is 0 Å². The summed E-state index contributed by atoms with van der Waals surface area (Å²) in [6.07, 6.45) is 27.5. The Morgan fingerprint density at radius 2 is 0.639 bits per heavy atom. The van der Waals surface area contributed by atoms with E-state index in [1.807, 2.05) is 19.1 Å². The molecule has 4 aromatic heterocycles. The first-order valence-corrected chi connectivity index (χ1v) is 38.7. The Kier molecular flexibility index (Phi) is 17.8. The van der Waals surface area contributed by atoms with Crippen molar-refractivity contribution in [2.24, 2.45) is 45.3 Å². The number of furan rings is 4. The van der Waals surface area contributed by atoms with Gasteiger partial charge < -0.3 is 38.1 Å². The van der Waals surface area contributed by atoms with E-state index >= 15 is 0 Å². The summed E-state index contributed by atoms with van der Waals surface area (Å²) in [5.74, 6) is 9.78. The third-order valence-electron chi connectivity index (χ3n) is 28.9. The molecule has 0 radical (unpaired) electrons. The Hall–Kier alpha value is -5.76. The molecule has 0 bridgehead atoms. The van der Waals surface area contributed by atoms with E-state index in [0.717, 1.165) is 70.4 Å². The van der Waals surface area contributed by atoms with E-state index in [4.69, 9.17) is 17.7 Å². The van der Waals surface area contributed by atoms with E-state index in [0.29, 0.717) is 80.2 Å². The van der Waals surface area contributed by atoms with Crippen LogP contribution in [0.25, 0.3) is 43.9 Å². The van der Waals surface area contributed by atoms with Crippen LogP contribution in [0.2, 0.25) is 0 Å². The van der Waals surface area contributed by atoms with Crippen molar-refractivity contribution in [2.45, 2.75) is 318 Å². The van der Waals surface area contributed by atoms with E-state index in [1.165, 1.54) is 171 Å². The molecule has 16 rings (SSSR count). The molecule has 97 heavy (non-hydrogen) atoms. The highest BCUT2D eigenvalue weighted by Crippen LogP contribution is 2.65. The normalized spacial score (nSPS) is 32.0. The first-order valence-electron chi connectivity index (χ1n) is 38.7. The number of phenolic OH excluding ortho intramolecular Hbond substituents is 4. The van der Waals surface area contributed by atoms with Gasteiger partial charge in [0.2, 0.25) is 0 Å². The number of hydrogen-bond donors (Lipinski definition) is 4. The van der Waals surface area contributed by atoms with Crippen LogP contribution < -0.4 is 0 Å². The third-order valence-corrected chi connectivity index (χ3v) is 28.9. The summed E-state index contributed by atoms with van der Waals surface area (Å²) >= 11 is 0. The SMILES string of the molecule is CC1CC[C@H]2C(C)(C)CCC[C@]2(C)c2c1oc1cc(O)c(O)cc21.CC1CC[C@H]2C(C)(C)CCC[C@]2(C)c2c1oc1cc(O)ccc21.CCc1cc2oc3c(c2cc1CC)C1(C)CCCC(C)(C)C1CCC3C.Cc1cc2oc3c(c2cc1O)C1(C)CCCC(C)(C)C1CCC3C. The predicted molar refractivity (Wildman–Crippen MR) is 400 cm³/mol. The van der Waals surface area contributed by atoms with Crippen molar-refractivity contribution in [2.75, 3.05) is 0 Å². The van der Waals surface area contributed by atoms with Gasteiger partial charge in [-0.15, -0.1) is 0 Å². The van der Waals surface area contributed by atoms with Crippen LogP contribution in [0.4, 0.5) is 0 Å². The summed E-state index contributed by atoms with van der Waals surface area (Å²) in [6.45, 7) is 45.3. The lowest BCUT2D eigenvalue weighted by Gasteiger charge is -2.50. The number of hydrogen-bond acceptors (Lipinski definition) is 8. The number of fused-ring (bicyclic) bond motifs is 20. The van der Waals surface area contributed by atoms with E-state index in [9.17, 15) is 20.4 Å². The molecule has 8 aliphatic rings. The minimum atomic E-state index is -0.107. The maximum Gasteiger partial charge on any atom is 0.161 e. The van der Waals surface area contributed by atoms with Crippen LogP contribution in [0.5, 0.6) is 23.0 Å². The van der Waals surface area contributed by atoms with Crippen LogP contribution in [-0.2, 0) is 34.5 Å². The second-order valence-corrected chi connectivity index (χ2v) is 37.0. The maximum atomic E-state index is 10.3. The molecule has 8 aromatic rings. The van der Waals surface area contributed by atoms with Gasteiger partial charge in [0.05, 0.1) is 0 Å². The van der Waals surface area contributed by atoms with Gasteiger partial charge in [-0.25, -0.2) is 0 Å². The summed E-state index contributed by atoms with van der Waals surface area (Å²) in [6, 6.07) is 17.7. The molecule has 0 spiro atoms. The molecule has 8 unspecified atom stereocenters. The minimum Gasteiger partial charge on any atom is -0.508 e. The number of phenols is 4. The zero-order valence-electron chi connectivity index (χ0n) is 63.3. The zero-order chi connectivity index (χ0) is 69.6. The number of benzene rings is 4. The highest BCUT2D eigenvalue weighted by atomic mass is 16.4. The maximum absolute atomic E-state index is 10.3. The Labute approximate surface area is 581 Å².